The summed E-state index contributed by atoms with van der Waals surface area (Å²) in [5.41, 5.74) is 1.73. The van der Waals surface area contributed by atoms with Crippen LogP contribution in [0.3, 0.4) is 0 Å². The van der Waals surface area contributed by atoms with Crippen LogP contribution in [0.2, 0.25) is 5.02 Å². The van der Waals surface area contributed by atoms with Crippen molar-refractivity contribution in [2.24, 2.45) is 0 Å². The highest BCUT2D eigenvalue weighted by Gasteiger charge is 2.32. The quantitative estimate of drug-likeness (QED) is 0.433. The number of nitrogens with zero attached hydrogens (tertiary/aromatic N) is 2. The molecule has 0 aliphatic carbocycles. The number of pyridine rings is 1. The van der Waals surface area contributed by atoms with Gasteiger partial charge in [-0.3, -0.25) is 0 Å². The number of fused-ring (bicyclic) bond motifs is 1. The number of halogens is 1. The second-order valence-corrected chi connectivity index (χ2v) is 6.91. The number of benzene rings is 1. The minimum absolute atomic E-state index is 0.0886. The first-order valence-electron chi connectivity index (χ1n) is 8.86. The molecule has 1 aromatic carbocycles. The molecule has 7 nitrogen and oxygen atoms in total. The molecule has 1 unspecified atom stereocenters. The van der Waals surface area contributed by atoms with Gasteiger partial charge in [0, 0.05) is 0 Å². The fourth-order valence-corrected chi connectivity index (χ4v) is 2.96. The first-order valence-corrected chi connectivity index (χ1v) is 9.24. The van der Waals surface area contributed by atoms with Crippen LogP contribution in [0.1, 0.15) is 32.4 Å². The number of aromatic nitrogens is 1. The molecule has 0 amide bonds. The minimum Gasteiger partial charge on any atom is -0.484 e. The molecule has 1 aliphatic rings. The van der Waals surface area contributed by atoms with Crippen LogP contribution in [-0.2, 0) is 9.39 Å². The Bertz CT molecular complexity index is 903. The zero-order valence-electron chi connectivity index (χ0n) is 15.8. The predicted octanol–water partition coefficient (Wildman–Crippen LogP) is 3.66. The Labute approximate surface area is 169 Å². The number of rotatable bonds is 7. The van der Waals surface area contributed by atoms with E-state index >= 15 is 0 Å². The van der Waals surface area contributed by atoms with Crippen molar-refractivity contribution in [2.45, 2.75) is 33.0 Å². The monoisotopic (exact) mass is 402 g/mol. The van der Waals surface area contributed by atoms with E-state index in [1.165, 1.54) is 6.07 Å². The number of hydrogen-bond donors (Lipinski definition) is 1. The van der Waals surface area contributed by atoms with E-state index in [0.717, 1.165) is 5.56 Å². The van der Waals surface area contributed by atoms with Gasteiger partial charge in [0.25, 0.3) is 0 Å². The molecule has 1 atom stereocenters. The maximum absolute atomic E-state index is 9.86. The van der Waals surface area contributed by atoms with Gasteiger partial charge >= 0.3 is 7.12 Å². The van der Waals surface area contributed by atoms with Crippen LogP contribution in [0.4, 0.5) is 5.69 Å². The van der Waals surface area contributed by atoms with Gasteiger partial charge in [0.2, 0.25) is 17.4 Å². The van der Waals surface area contributed by atoms with E-state index in [0.29, 0.717) is 17.8 Å². The fourth-order valence-electron chi connectivity index (χ4n) is 2.77. The third kappa shape index (κ3) is 4.57. The molecule has 0 saturated heterocycles. The Morgan fingerprint density at radius 2 is 2.11 bits per heavy atom. The number of hydrogen-bond acceptors (Lipinski definition) is 6. The lowest BCUT2D eigenvalue weighted by atomic mass is 9.79. The van der Waals surface area contributed by atoms with Gasteiger partial charge in [0.15, 0.2) is 0 Å². The second-order valence-electron chi connectivity index (χ2n) is 6.50. The standard InChI is InChI=1S/C19H20BClN2O5/c1-11(2)25-7-8-26-19-17(22-4)10-16(21)18(23-19)27-13-5-6-15-14(9-13)12(3)28-20(15)24/h5-6,9-12,24H,7-8H2,1-3H3. The molecule has 28 heavy (non-hydrogen) atoms. The van der Waals surface area contributed by atoms with Crippen LogP contribution in [0, 0.1) is 6.57 Å². The molecule has 0 radical (unpaired) electrons. The van der Waals surface area contributed by atoms with Crippen molar-refractivity contribution in [1.82, 2.24) is 4.98 Å². The molecule has 146 valence electrons. The van der Waals surface area contributed by atoms with Crippen LogP contribution in [0.5, 0.6) is 17.5 Å². The summed E-state index contributed by atoms with van der Waals surface area (Å²) >= 11 is 6.23. The van der Waals surface area contributed by atoms with Gasteiger partial charge < -0.3 is 23.9 Å². The van der Waals surface area contributed by atoms with E-state index in [9.17, 15) is 5.02 Å². The summed E-state index contributed by atoms with van der Waals surface area (Å²) in [7, 11) is -0.938. The van der Waals surface area contributed by atoms with E-state index in [-0.39, 0.29) is 41.3 Å². The first-order chi connectivity index (χ1) is 13.4. The predicted molar refractivity (Wildman–Crippen MR) is 106 cm³/mol. The molecule has 1 aromatic heterocycles. The maximum Gasteiger partial charge on any atom is 0.491 e. The van der Waals surface area contributed by atoms with Crippen molar-refractivity contribution < 1.29 is 23.9 Å². The summed E-state index contributed by atoms with van der Waals surface area (Å²) in [6.45, 7) is 13.6. The minimum atomic E-state index is -0.938. The van der Waals surface area contributed by atoms with Gasteiger partial charge in [-0.1, -0.05) is 17.7 Å². The lowest BCUT2D eigenvalue weighted by Crippen LogP contribution is -2.27. The van der Waals surface area contributed by atoms with E-state index < -0.39 is 7.12 Å². The molecule has 1 N–H and O–H groups in total. The van der Waals surface area contributed by atoms with Gasteiger partial charge in [0.1, 0.15) is 12.4 Å². The van der Waals surface area contributed by atoms with Crippen molar-refractivity contribution >= 4 is 29.9 Å². The van der Waals surface area contributed by atoms with E-state index in [2.05, 4.69) is 9.83 Å². The van der Waals surface area contributed by atoms with Gasteiger partial charge in [-0.25, -0.2) is 4.85 Å². The Kier molecular flexibility index (Phi) is 6.42. The van der Waals surface area contributed by atoms with E-state index in [1.54, 1.807) is 18.2 Å². The summed E-state index contributed by atoms with van der Waals surface area (Å²) < 4.78 is 22.2. The van der Waals surface area contributed by atoms with Crippen LogP contribution in [-0.4, -0.2) is 36.4 Å². The molecule has 0 spiro atoms. The zero-order valence-corrected chi connectivity index (χ0v) is 16.6. The fraction of sp³-hybridized carbons (Fsp3) is 0.368. The van der Waals surface area contributed by atoms with Crippen LogP contribution < -0.4 is 14.9 Å². The van der Waals surface area contributed by atoms with Crippen molar-refractivity contribution in [3.05, 3.63) is 46.3 Å². The average Bonchev–Trinajstić information content (AvgIpc) is 2.94. The average molecular weight is 403 g/mol. The lowest BCUT2D eigenvalue weighted by molar-refractivity contribution is 0.0543. The third-order valence-corrected chi connectivity index (χ3v) is 4.36. The van der Waals surface area contributed by atoms with Crippen LogP contribution >= 0.6 is 11.6 Å². The Balaban J connectivity index is 1.79. The molecule has 2 aromatic rings. The van der Waals surface area contributed by atoms with Crippen LogP contribution in [0.25, 0.3) is 4.85 Å². The Hall–Kier alpha value is -2.31. The maximum atomic E-state index is 9.86. The lowest BCUT2D eigenvalue weighted by Gasteiger charge is -2.13. The molecule has 0 fully saturated rings. The van der Waals surface area contributed by atoms with Crippen molar-refractivity contribution in [3.63, 3.8) is 0 Å². The summed E-state index contributed by atoms with van der Waals surface area (Å²) in [6.07, 6.45) is -0.160. The topological polar surface area (TPSA) is 74.4 Å². The molecule has 3 rings (SSSR count). The van der Waals surface area contributed by atoms with Crippen LogP contribution in [0.15, 0.2) is 24.3 Å². The Morgan fingerprint density at radius 3 is 2.82 bits per heavy atom. The third-order valence-electron chi connectivity index (χ3n) is 4.09. The highest BCUT2D eigenvalue weighted by Crippen LogP contribution is 2.37. The first kappa shape index (κ1) is 20.4. The molecular weight excluding hydrogens is 382 g/mol. The number of ether oxygens (including phenoxy) is 3. The summed E-state index contributed by atoms with van der Waals surface area (Å²) in [6, 6.07) is 6.66. The molecule has 1 aliphatic heterocycles. The summed E-state index contributed by atoms with van der Waals surface area (Å²) in [5, 5.41) is 10.1. The van der Waals surface area contributed by atoms with Crippen molar-refractivity contribution in [3.8, 4) is 17.5 Å². The normalized spacial score (nSPS) is 15.5. The second kappa shape index (κ2) is 8.80. The molecule has 0 bridgehead atoms. The van der Waals surface area contributed by atoms with Crippen molar-refractivity contribution in [2.75, 3.05) is 13.2 Å². The van der Waals surface area contributed by atoms with E-state index in [4.69, 9.17) is 37.0 Å². The molecule has 2 heterocycles. The van der Waals surface area contributed by atoms with E-state index in [1.807, 2.05) is 20.8 Å². The highest BCUT2D eigenvalue weighted by atomic mass is 35.5. The zero-order chi connectivity index (χ0) is 20.3. The molecular formula is C19H20BClN2O5. The SMILES string of the molecule is [C-]#[N+]c1cc(Cl)c(Oc2ccc3c(c2)C(C)OB3O)nc1OCCOC(C)C. The smallest absolute Gasteiger partial charge is 0.484 e. The van der Waals surface area contributed by atoms with Gasteiger partial charge in [-0.15, -0.1) is 0 Å². The summed E-state index contributed by atoms with van der Waals surface area (Å²) in [5.74, 6) is 0.748. The van der Waals surface area contributed by atoms with Crippen molar-refractivity contribution in [1.29, 1.82) is 0 Å². The molecule has 9 heteroatoms. The van der Waals surface area contributed by atoms with Gasteiger partial charge in [0.05, 0.1) is 30.4 Å². The molecule has 0 saturated carbocycles. The van der Waals surface area contributed by atoms with Gasteiger partial charge in [-0.2, -0.15) is 4.98 Å². The highest BCUT2D eigenvalue weighted by molar-refractivity contribution is 6.61. The summed E-state index contributed by atoms with van der Waals surface area (Å²) in [4.78, 5) is 7.65. The Morgan fingerprint density at radius 1 is 1.32 bits per heavy atom. The van der Waals surface area contributed by atoms with Gasteiger partial charge in [-0.05, 0) is 50.0 Å². The largest absolute Gasteiger partial charge is 0.491 e.